The largest absolute Gasteiger partial charge is 0.586 e. The van der Waals surface area contributed by atoms with Crippen molar-refractivity contribution in [2.45, 2.75) is 46.3 Å². The van der Waals surface area contributed by atoms with Crippen molar-refractivity contribution in [3.05, 3.63) is 89.8 Å². The summed E-state index contributed by atoms with van der Waals surface area (Å²) >= 11 is 0. The van der Waals surface area contributed by atoms with Gasteiger partial charge in [0.2, 0.25) is 0 Å². The molecule has 40 heavy (non-hydrogen) atoms. The lowest BCUT2D eigenvalue weighted by atomic mass is 9.96. The van der Waals surface area contributed by atoms with Crippen molar-refractivity contribution in [3.8, 4) is 50.9 Å². The molecule has 0 N–H and O–H groups in total. The van der Waals surface area contributed by atoms with Gasteiger partial charge in [-0.15, -0.1) is 8.78 Å². The molecule has 1 aliphatic carbocycles. The molecule has 1 aliphatic heterocycles. The molecular weight excluding hydrogens is 512 g/mol. The van der Waals surface area contributed by atoms with Crippen molar-refractivity contribution in [1.29, 1.82) is 0 Å². The molecule has 5 aromatic rings. The SMILES string of the molecule is Cc1cn(-c2ccc(-c3cccc(CC4CC4)c3)cc2-c2nc(C)oc2-c2ccc3c(c2)OC(F)(F)O3)c(C)n1. The van der Waals surface area contributed by atoms with Crippen LogP contribution in [0, 0.1) is 26.7 Å². The number of benzene rings is 3. The predicted octanol–water partition coefficient (Wildman–Crippen LogP) is 8.06. The average molecular weight is 540 g/mol. The number of fused-ring (bicyclic) bond motifs is 1. The topological polar surface area (TPSA) is 62.3 Å². The van der Waals surface area contributed by atoms with E-state index >= 15 is 0 Å². The van der Waals surface area contributed by atoms with E-state index in [0.29, 0.717) is 22.9 Å². The lowest BCUT2D eigenvalue weighted by Gasteiger charge is -2.14. The molecule has 8 heteroatoms. The molecule has 3 heterocycles. The average Bonchev–Trinajstić information content (AvgIpc) is 3.41. The molecule has 0 atom stereocenters. The van der Waals surface area contributed by atoms with Gasteiger partial charge in [-0.1, -0.05) is 30.3 Å². The highest BCUT2D eigenvalue weighted by Crippen LogP contribution is 2.45. The van der Waals surface area contributed by atoms with Gasteiger partial charge in [0.05, 0.1) is 11.4 Å². The van der Waals surface area contributed by atoms with Crippen LogP contribution in [0.15, 0.2) is 71.3 Å². The summed E-state index contributed by atoms with van der Waals surface area (Å²) < 4.78 is 44.9. The van der Waals surface area contributed by atoms with Crippen molar-refractivity contribution in [2.75, 3.05) is 0 Å². The number of halogens is 2. The Morgan fingerprint density at radius 1 is 0.875 bits per heavy atom. The van der Waals surface area contributed by atoms with Crippen LogP contribution in [-0.2, 0) is 6.42 Å². The first kappa shape index (κ1) is 24.6. The van der Waals surface area contributed by atoms with E-state index in [1.54, 1.807) is 13.0 Å². The molecule has 1 fully saturated rings. The fourth-order valence-electron chi connectivity index (χ4n) is 5.41. The first-order valence-electron chi connectivity index (χ1n) is 13.4. The van der Waals surface area contributed by atoms with Gasteiger partial charge < -0.3 is 18.5 Å². The minimum absolute atomic E-state index is 0.0233. The Morgan fingerprint density at radius 2 is 1.65 bits per heavy atom. The highest BCUT2D eigenvalue weighted by Gasteiger charge is 2.43. The number of aryl methyl sites for hydroxylation is 3. The van der Waals surface area contributed by atoms with Crippen molar-refractivity contribution >= 4 is 0 Å². The zero-order chi connectivity index (χ0) is 27.6. The fourth-order valence-corrected chi connectivity index (χ4v) is 5.41. The summed E-state index contributed by atoms with van der Waals surface area (Å²) in [7, 11) is 0. The second-order valence-corrected chi connectivity index (χ2v) is 10.6. The van der Waals surface area contributed by atoms with Crippen molar-refractivity contribution in [3.63, 3.8) is 0 Å². The zero-order valence-electron chi connectivity index (χ0n) is 22.4. The molecule has 2 aliphatic rings. The molecule has 0 spiro atoms. The molecule has 202 valence electrons. The molecular formula is C32H27F2N3O3. The first-order chi connectivity index (χ1) is 19.2. The molecule has 1 saturated carbocycles. The number of nitrogens with zero attached hydrogens (tertiary/aromatic N) is 3. The van der Waals surface area contributed by atoms with Crippen LogP contribution in [0.25, 0.3) is 39.4 Å². The van der Waals surface area contributed by atoms with Gasteiger partial charge in [0.1, 0.15) is 11.5 Å². The standard InChI is InChI=1S/C32H27F2N3O3/c1-18-17-37(19(2)35-18)27-11-9-24(23-6-4-5-22(14-23)13-21-7-8-21)15-26(27)30-31(38-20(3)36-30)25-10-12-28-29(16-25)40-32(33,34)39-28/h4-6,9-12,14-17,21H,7-8,13H2,1-3H3. The second kappa shape index (κ2) is 9.05. The summed E-state index contributed by atoms with van der Waals surface area (Å²) in [5, 5.41) is 0. The summed E-state index contributed by atoms with van der Waals surface area (Å²) in [5.41, 5.74) is 7.27. The summed E-state index contributed by atoms with van der Waals surface area (Å²) in [5.74, 6) is 2.46. The van der Waals surface area contributed by atoms with Crippen molar-refractivity contribution in [1.82, 2.24) is 14.5 Å². The molecule has 0 unspecified atom stereocenters. The Bertz CT molecular complexity index is 1770. The number of ether oxygens (including phenoxy) is 2. The van der Waals surface area contributed by atoms with E-state index in [4.69, 9.17) is 14.1 Å². The first-order valence-corrected chi connectivity index (χ1v) is 13.4. The Morgan fingerprint density at radius 3 is 2.42 bits per heavy atom. The summed E-state index contributed by atoms with van der Waals surface area (Å²) in [4.78, 5) is 9.39. The van der Waals surface area contributed by atoms with Gasteiger partial charge in [0.25, 0.3) is 0 Å². The Balaban J connectivity index is 1.39. The molecule has 3 aromatic carbocycles. The van der Waals surface area contributed by atoms with E-state index in [-0.39, 0.29) is 11.5 Å². The van der Waals surface area contributed by atoms with Crippen molar-refractivity contribution in [2.24, 2.45) is 5.92 Å². The minimum atomic E-state index is -3.70. The van der Waals surface area contributed by atoms with E-state index in [0.717, 1.165) is 46.2 Å². The maximum Gasteiger partial charge on any atom is 0.586 e. The third kappa shape index (κ3) is 4.53. The molecule has 0 radical (unpaired) electrons. The smallest absolute Gasteiger partial charge is 0.440 e. The van der Waals surface area contributed by atoms with Gasteiger partial charge in [0, 0.05) is 24.2 Å². The van der Waals surface area contributed by atoms with Gasteiger partial charge in [-0.3, -0.25) is 0 Å². The van der Waals surface area contributed by atoms with Gasteiger partial charge in [-0.2, -0.15) is 0 Å². The number of hydrogen-bond donors (Lipinski definition) is 0. The lowest BCUT2D eigenvalue weighted by molar-refractivity contribution is -0.286. The molecule has 6 nitrogen and oxygen atoms in total. The van der Waals surface area contributed by atoms with Crippen LogP contribution in [0.3, 0.4) is 0 Å². The summed E-state index contributed by atoms with van der Waals surface area (Å²) in [6.07, 6.45) is 1.99. The molecule has 0 amide bonds. The van der Waals surface area contributed by atoms with Crippen LogP contribution in [0.2, 0.25) is 0 Å². The Hall–Kier alpha value is -4.46. The maximum absolute atomic E-state index is 13.7. The van der Waals surface area contributed by atoms with Gasteiger partial charge in [0.15, 0.2) is 23.1 Å². The minimum Gasteiger partial charge on any atom is -0.440 e. The third-order valence-corrected chi connectivity index (χ3v) is 7.39. The van der Waals surface area contributed by atoms with Crippen LogP contribution < -0.4 is 9.47 Å². The van der Waals surface area contributed by atoms with E-state index in [1.165, 1.54) is 30.5 Å². The van der Waals surface area contributed by atoms with Gasteiger partial charge >= 0.3 is 6.29 Å². The van der Waals surface area contributed by atoms with Crippen LogP contribution >= 0.6 is 0 Å². The van der Waals surface area contributed by atoms with Crippen LogP contribution in [-0.4, -0.2) is 20.8 Å². The second-order valence-electron chi connectivity index (χ2n) is 10.6. The third-order valence-electron chi connectivity index (χ3n) is 7.39. The number of oxazole rings is 1. The quantitative estimate of drug-likeness (QED) is 0.218. The van der Waals surface area contributed by atoms with Gasteiger partial charge in [-0.05, 0) is 86.1 Å². The normalized spacial score (nSPS) is 15.5. The van der Waals surface area contributed by atoms with E-state index in [1.807, 2.05) is 24.6 Å². The summed E-state index contributed by atoms with van der Waals surface area (Å²) in [6, 6.07) is 19.6. The molecule has 0 bridgehead atoms. The number of hydrogen-bond acceptors (Lipinski definition) is 5. The van der Waals surface area contributed by atoms with Crippen LogP contribution in [0.4, 0.5) is 8.78 Å². The Kier molecular flexibility index (Phi) is 5.56. The van der Waals surface area contributed by atoms with Gasteiger partial charge in [-0.25, -0.2) is 9.97 Å². The number of aromatic nitrogens is 3. The monoisotopic (exact) mass is 539 g/mol. The van der Waals surface area contributed by atoms with Crippen molar-refractivity contribution < 1.29 is 22.7 Å². The number of alkyl halides is 2. The lowest BCUT2D eigenvalue weighted by Crippen LogP contribution is -2.25. The summed E-state index contributed by atoms with van der Waals surface area (Å²) in [6.45, 7) is 5.68. The van der Waals surface area contributed by atoms with Crippen LogP contribution in [0.5, 0.6) is 11.5 Å². The van der Waals surface area contributed by atoms with Crippen LogP contribution in [0.1, 0.15) is 35.8 Å². The van der Waals surface area contributed by atoms with E-state index in [9.17, 15) is 8.78 Å². The molecule has 7 rings (SSSR count). The highest BCUT2D eigenvalue weighted by molar-refractivity contribution is 5.85. The number of rotatable bonds is 6. The Labute approximate surface area is 230 Å². The predicted molar refractivity (Wildman–Crippen MR) is 147 cm³/mol. The zero-order valence-corrected chi connectivity index (χ0v) is 22.4. The molecule has 0 saturated heterocycles. The highest BCUT2D eigenvalue weighted by atomic mass is 19.3. The fraction of sp³-hybridized carbons (Fsp3) is 0.250. The number of imidazole rings is 1. The van der Waals surface area contributed by atoms with E-state index in [2.05, 4.69) is 52.2 Å². The maximum atomic E-state index is 13.7. The van der Waals surface area contributed by atoms with E-state index < -0.39 is 6.29 Å². The molecule has 2 aromatic heterocycles.